The van der Waals surface area contributed by atoms with Gasteiger partial charge in [-0.15, -0.1) is 0 Å². The van der Waals surface area contributed by atoms with Gasteiger partial charge in [-0.1, -0.05) is 0 Å². The van der Waals surface area contributed by atoms with Gasteiger partial charge in [0.25, 0.3) is 0 Å². The van der Waals surface area contributed by atoms with Crippen LogP contribution in [0.4, 0.5) is 0 Å². The van der Waals surface area contributed by atoms with Crippen LogP contribution in [0.5, 0.6) is 0 Å². The van der Waals surface area contributed by atoms with Gasteiger partial charge >= 0.3 is 0 Å². The summed E-state index contributed by atoms with van der Waals surface area (Å²) < 4.78 is 24.8. The molecule has 1 fully saturated rings. The molecule has 20 heavy (non-hydrogen) atoms. The third kappa shape index (κ3) is 7.81. The van der Waals surface area contributed by atoms with Crippen LogP contribution in [0.1, 0.15) is 39.0 Å². The van der Waals surface area contributed by atoms with Crippen molar-refractivity contribution in [2.75, 3.05) is 31.9 Å². The van der Waals surface area contributed by atoms with E-state index < -0.39 is 10.0 Å². The fourth-order valence-corrected chi connectivity index (χ4v) is 2.90. The maximum atomic E-state index is 11.6. The van der Waals surface area contributed by atoms with Crippen molar-refractivity contribution in [2.45, 2.75) is 39.0 Å². The van der Waals surface area contributed by atoms with E-state index in [2.05, 4.69) is 15.4 Å². The number of nitrogens with one attached hydrogen (secondary N) is 3. The number of sulfonamides is 1. The molecule has 0 aromatic rings. The Hall–Kier alpha value is -0.660. The maximum absolute atomic E-state index is 11.6. The standard InChI is InChI=1S/C13H27N3O3S/c1-2-20(18,19)16-9-3-8-15-13(17)5-4-12-6-10-14-11-7-12/h12,14,16H,2-11H2,1H3,(H,15,17). The summed E-state index contributed by atoms with van der Waals surface area (Å²) in [6.07, 6.45) is 4.47. The molecular formula is C13H27N3O3S. The van der Waals surface area contributed by atoms with Crippen LogP contribution in [0.2, 0.25) is 0 Å². The molecule has 6 nitrogen and oxygen atoms in total. The Bertz CT molecular complexity index is 378. The molecule has 0 bridgehead atoms. The SMILES string of the molecule is CCS(=O)(=O)NCCCNC(=O)CCC1CCNCC1. The lowest BCUT2D eigenvalue weighted by Crippen LogP contribution is -2.31. The lowest BCUT2D eigenvalue weighted by atomic mass is 9.93. The minimum absolute atomic E-state index is 0.0712. The van der Waals surface area contributed by atoms with Crippen molar-refractivity contribution in [3.63, 3.8) is 0 Å². The smallest absolute Gasteiger partial charge is 0.220 e. The van der Waals surface area contributed by atoms with Crippen molar-refractivity contribution in [2.24, 2.45) is 5.92 Å². The Morgan fingerprint density at radius 2 is 1.95 bits per heavy atom. The van der Waals surface area contributed by atoms with Gasteiger partial charge in [0.05, 0.1) is 5.75 Å². The molecule has 1 aliphatic rings. The first-order valence-electron chi connectivity index (χ1n) is 7.48. The summed E-state index contributed by atoms with van der Waals surface area (Å²) in [6.45, 7) is 4.63. The Balaban J connectivity index is 2.00. The highest BCUT2D eigenvalue weighted by Crippen LogP contribution is 2.17. The largest absolute Gasteiger partial charge is 0.356 e. The normalized spacial score (nSPS) is 17.1. The summed E-state index contributed by atoms with van der Waals surface area (Å²) in [5.41, 5.74) is 0. The lowest BCUT2D eigenvalue weighted by Gasteiger charge is -2.22. The van der Waals surface area contributed by atoms with Crippen molar-refractivity contribution >= 4 is 15.9 Å². The molecule has 0 radical (unpaired) electrons. The number of hydrogen-bond donors (Lipinski definition) is 3. The van der Waals surface area contributed by atoms with Gasteiger partial charge in [0.1, 0.15) is 0 Å². The second-order valence-corrected chi connectivity index (χ2v) is 7.33. The van der Waals surface area contributed by atoms with Gasteiger partial charge in [0, 0.05) is 19.5 Å². The van der Waals surface area contributed by atoms with Crippen LogP contribution >= 0.6 is 0 Å². The Morgan fingerprint density at radius 3 is 2.60 bits per heavy atom. The highest BCUT2D eigenvalue weighted by atomic mass is 32.2. The summed E-state index contributed by atoms with van der Waals surface area (Å²) in [5.74, 6) is 0.829. The van der Waals surface area contributed by atoms with E-state index in [1.54, 1.807) is 6.92 Å². The zero-order chi connectivity index (χ0) is 14.8. The Labute approximate surface area is 122 Å². The van der Waals surface area contributed by atoms with Crippen LogP contribution in [0.15, 0.2) is 0 Å². The van der Waals surface area contributed by atoms with Gasteiger partial charge in [-0.05, 0) is 51.6 Å². The van der Waals surface area contributed by atoms with E-state index in [0.717, 1.165) is 32.4 Å². The van der Waals surface area contributed by atoms with Gasteiger partial charge in [-0.2, -0.15) is 0 Å². The van der Waals surface area contributed by atoms with Crippen LogP contribution in [-0.2, 0) is 14.8 Å². The predicted molar refractivity (Wildman–Crippen MR) is 79.9 cm³/mol. The van der Waals surface area contributed by atoms with Gasteiger partial charge in [0.15, 0.2) is 0 Å². The molecule has 1 amide bonds. The van der Waals surface area contributed by atoms with Crippen LogP contribution in [0.3, 0.4) is 0 Å². The molecule has 1 rings (SSSR count). The van der Waals surface area contributed by atoms with Gasteiger partial charge in [-0.25, -0.2) is 13.1 Å². The second kappa shape index (κ2) is 9.31. The predicted octanol–water partition coefficient (Wildman–Crippen LogP) is 0.212. The lowest BCUT2D eigenvalue weighted by molar-refractivity contribution is -0.121. The number of hydrogen-bond acceptors (Lipinski definition) is 4. The van der Waals surface area contributed by atoms with Gasteiger partial charge in [0.2, 0.25) is 15.9 Å². The van der Waals surface area contributed by atoms with E-state index in [1.807, 2.05) is 0 Å². The zero-order valence-corrected chi connectivity index (χ0v) is 13.1. The molecule has 1 heterocycles. The molecule has 0 aromatic carbocycles. The average Bonchev–Trinajstić information content (AvgIpc) is 2.46. The summed E-state index contributed by atoms with van der Waals surface area (Å²) in [6, 6.07) is 0. The fourth-order valence-electron chi connectivity index (χ4n) is 2.24. The molecule has 1 aliphatic heterocycles. The summed E-state index contributed by atoms with van der Waals surface area (Å²) in [7, 11) is -3.11. The molecule has 3 N–H and O–H groups in total. The summed E-state index contributed by atoms with van der Waals surface area (Å²) in [5, 5.41) is 6.15. The first-order valence-corrected chi connectivity index (χ1v) is 9.13. The van der Waals surface area contributed by atoms with E-state index in [4.69, 9.17) is 0 Å². The van der Waals surface area contributed by atoms with Crippen LogP contribution in [-0.4, -0.2) is 46.3 Å². The molecule has 118 valence electrons. The van der Waals surface area contributed by atoms with Crippen LogP contribution in [0.25, 0.3) is 0 Å². The highest BCUT2D eigenvalue weighted by Gasteiger charge is 2.14. The number of carbonyl (C=O) groups excluding carboxylic acids is 1. The minimum atomic E-state index is -3.11. The molecule has 0 aliphatic carbocycles. The fraction of sp³-hybridized carbons (Fsp3) is 0.923. The molecule has 0 atom stereocenters. The van der Waals surface area contributed by atoms with E-state index in [0.29, 0.717) is 31.8 Å². The molecule has 0 saturated carbocycles. The van der Waals surface area contributed by atoms with E-state index in [9.17, 15) is 13.2 Å². The second-order valence-electron chi connectivity index (χ2n) is 5.23. The maximum Gasteiger partial charge on any atom is 0.220 e. The van der Waals surface area contributed by atoms with Crippen LogP contribution in [0, 0.1) is 5.92 Å². The number of amides is 1. The first-order chi connectivity index (χ1) is 9.53. The zero-order valence-electron chi connectivity index (χ0n) is 12.3. The summed E-state index contributed by atoms with van der Waals surface area (Å²) in [4.78, 5) is 11.6. The van der Waals surface area contributed by atoms with E-state index in [1.165, 1.54) is 0 Å². The average molecular weight is 305 g/mol. The molecule has 0 aromatic heterocycles. The van der Waals surface area contributed by atoms with E-state index in [-0.39, 0.29) is 11.7 Å². The highest BCUT2D eigenvalue weighted by molar-refractivity contribution is 7.89. The summed E-state index contributed by atoms with van der Waals surface area (Å²) >= 11 is 0. The topological polar surface area (TPSA) is 87.3 Å². The number of carbonyl (C=O) groups is 1. The van der Waals surface area contributed by atoms with Crippen molar-refractivity contribution < 1.29 is 13.2 Å². The van der Waals surface area contributed by atoms with Crippen molar-refractivity contribution in [1.29, 1.82) is 0 Å². The minimum Gasteiger partial charge on any atom is -0.356 e. The Morgan fingerprint density at radius 1 is 1.25 bits per heavy atom. The third-order valence-corrected chi connectivity index (χ3v) is 5.02. The van der Waals surface area contributed by atoms with Gasteiger partial charge in [-0.3, -0.25) is 4.79 Å². The monoisotopic (exact) mass is 305 g/mol. The number of piperidine rings is 1. The molecular weight excluding hydrogens is 278 g/mol. The van der Waals surface area contributed by atoms with Crippen LogP contribution < -0.4 is 15.4 Å². The molecule has 0 unspecified atom stereocenters. The molecule has 7 heteroatoms. The Kier molecular flexibility index (Phi) is 8.09. The third-order valence-electron chi connectivity index (χ3n) is 3.62. The van der Waals surface area contributed by atoms with Crippen molar-refractivity contribution in [3.05, 3.63) is 0 Å². The van der Waals surface area contributed by atoms with Crippen molar-refractivity contribution in [3.8, 4) is 0 Å². The molecule has 1 saturated heterocycles. The quantitative estimate of drug-likeness (QED) is 0.532. The van der Waals surface area contributed by atoms with E-state index >= 15 is 0 Å². The number of rotatable bonds is 9. The van der Waals surface area contributed by atoms with Crippen molar-refractivity contribution in [1.82, 2.24) is 15.4 Å². The first kappa shape index (κ1) is 17.4. The van der Waals surface area contributed by atoms with Gasteiger partial charge < -0.3 is 10.6 Å². The molecule has 0 spiro atoms.